The molecule has 32 heavy (non-hydrogen) atoms. The fourth-order valence-electron chi connectivity index (χ4n) is 3.92. The van der Waals surface area contributed by atoms with Gasteiger partial charge in [-0.15, -0.1) is 5.10 Å². The first-order valence-electron chi connectivity index (χ1n) is 10.8. The van der Waals surface area contributed by atoms with E-state index < -0.39 is 0 Å². The molecule has 0 atom stereocenters. The van der Waals surface area contributed by atoms with Gasteiger partial charge in [0.05, 0.1) is 18.7 Å². The van der Waals surface area contributed by atoms with Crippen LogP contribution in [0.5, 0.6) is 0 Å². The molecule has 2 N–H and O–H groups in total. The topological polar surface area (TPSA) is 99.9 Å². The van der Waals surface area contributed by atoms with E-state index >= 15 is 0 Å². The molecule has 0 spiro atoms. The molecule has 0 aliphatic rings. The van der Waals surface area contributed by atoms with E-state index in [1.807, 2.05) is 49.1 Å². The molecule has 0 saturated heterocycles. The number of hydrogen-bond donors (Lipinski definition) is 2. The van der Waals surface area contributed by atoms with Crippen molar-refractivity contribution >= 4 is 10.9 Å². The van der Waals surface area contributed by atoms with Crippen molar-refractivity contribution in [1.82, 2.24) is 30.1 Å². The number of aliphatic hydroxyl groups is 1. The Kier molecular flexibility index (Phi) is 6.72. The molecule has 0 radical (unpaired) electrons. The smallest absolute Gasteiger partial charge is 0.252 e. The monoisotopic (exact) mass is 432 g/mol. The Balaban J connectivity index is 1.53. The van der Waals surface area contributed by atoms with Gasteiger partial charge in [0, 0.05) is 30.6 Å². The van der Waals surface area contributed by atoms with Crippen molar-refractivity contribution in [2.45, 2.75) is 39.9 Å². The number of rotatable bonds is 9. The molecule has 8 heteroatoms. The molecule has 2 heterocycles. The van der Waals surface area contributed by atoms with Gasteiger partial charge in [-0.05, 0) is 53.5 Å². The number of aliphatic hydroxyl groups excluding tert-OH is 1. The third-order valence-electron chi connectivity index (χ3n) is 5.76. The standard InChI is InChI=1S/C24H28N6O2/c1-17-8-9-18(2)23-21(17)14-20(24(32)25-23)15-29(12-13-31)16-22-26-27-28-30(22)11-10-19-6-4-3-5-7-19/h3-9,14,31H,10-13,15-16H2,1-2H3,(H,25,32). The Morgan fingerprint density at radius 3 is 2.62 bits per heavy atom. The lowest BCUT2D eigenvalue weighted by Crippen LogP contribution is -2.30. The number of aryl methyl sites for hydroxylation is 4. The molecule has 2 aromatic carbocycles. The van der Waals surface area contributed by atoms with Crippen LogP contribution in [0.25, 0.3) is 10.9 Å². The van der Waals surface area contributed by atoms with Crippen LogP contribution in [0, 0.1) is 13.8 Å². The van der Waals surface area contributed by atoms with E-state index in [9.17, 15) is 9.90 Å². The maximum absolute atomic E-state index is 12.8. The van der Waals surface area contributed by atoms with Gasteiger partial charge in [0.2, 0.25) is 0 Å². The van der Waals surface area contributed by atoms with Crippen LogP contribution in [0.3, 0.4) is 0 Å². The third-order valence-corrected chi connectivity index (χ3v) is 5.76. The summed E-state index contributed by atoms with van der Waals surface area (Å²) in [5, 5.41) is 22.8. The van der Waals surface area contributed by atoms with Crippen molar-refractivity contribution in [2.75, 3.05) is 13.2 Å². The van der Waals surface area contributed by atoms with E-state index in [0.29, 0.717) is 37.6 Å². The summed E-state index contributed by atoms with van der Waals surface area (Å²) >= 11 is 0. The lowest BCUT2D eigenvalue weighted by Gasteiger charge is -2.21. The Morgan fingerprint density at radius 1 is 1.06 bits per heavy atom. The average molecular weight is 433 g/mol. The van der Waals surface area contributed by atoms with E-state index in [0.717, 1.165) is 28.5 Å². The third kappa shape index (κ3) is 4.92. The van der Waals surface area contributed by atoms with Crippen LogP contribution in [-0.2, 0) is 26.1 Å². The maximum Gasteiger partial charge on any atom is 0.252 e. The number of aromatic nitrogens is 5. The maximum atomic E-state index is 12.8. The summed E-state index contributed by atoms with van der Waals surface area (Å²) in [6.07, 6.45) is 0.821. The van der Waals surface area contributed by atoms with Gasteiger partial charge in [-0.3, -0.25) is 9.69 Å². The second kappa shape index (κ2) is 9.84. The second-order valence-corrected chi connectivity index (χ2v) is 8.10. The molecule has 0 aliphatic carbocycles. The largest absolute Gasteiger partial charge is 0.395 e. The molecule has 4 aromatic rings. The number of nitrogens with one attached hydrogen (secondary N) is 1. The predicted octanol–water partition coefficient (Wildman–Crippen LogP) is 2.37. The minimum Gasteiger partial charge on any atom is -0.395 e. The van der Waals surface area contributed by atoms with Crippen molar-refractivity contribution in [1.29, 1.82) is 0 Å². The number of pyridine rings is 1. The van der Waals surface area contributed by atoms with Crippen LogP contribution in [0.4, 0.5) is 0 Å². The van der Waals surface area contributed by atoms with Crippen molar-refractivity contribution in [3.8, 4) is 0 Å². The molecule has 0 aliphatic heterocycles. The van der Waals surface area contributed by atoms with Crippen molar-refractivity contribution < 1.29 is 5.11 Å². The van der Waals surface area contributed by atoms with E-state index in [-0.39, 0.29) is 12.2 Å². The fraction of sp³-hybridized carbons (Fsp3) is 0.333. The number of aromatic amines is 1. The summed E-state index contributed by atoms with van der Waals surface area (Å²) in [6, 6.07) is 16.2. The van der Waals surface area contributed by atoms with Gasteiger partial charge in [0.1, 0.15) is 0 Å². The number of H-pyrrole nitrogens is 1. The molecular formula is C24H28N6O2. The summed E-state index contributed by atoms with van der Waals surface area (Å²) < 4.78 is 1.79. The van der Waals surface area contributed by atoms with Gasteiger partial charge in [-0.1, -0.05) is 42.5 Å². The lowest BCUT2D eigenvalue weighted by atomic mass is 10.0. The molecule has 0 amide bonds. The van der Waals surface area contributed by atoms with Gasteiger partial charge in [0.15, 0.2) is 5.82 Å². The van der Waals surface area contributed by atoms with E-state index in [2.05, 4.69) is 38.7 Å². The highest BCUT2D eigenvalue weighted by molar-refractivity contribution is 5.85. The summed E-state index contributed by atoms with van der Waals surface area (Å²) in [5.74, 6) is 0.707. The average Bonchev–Trinajstić information content (AvgIpc) is 3.23. The first-order chi connectivity index (χ1) is 15.5. The van der Waals surface area contributed by atoms with Crippen molar-refractivity contribution in [2.24, 2.45) is 0 Å². The zero-order chi connectivity index (χ0) is 22.5. The highest BCUT2D eigenvalue weighted by Gasteiger charge is 2.15. The Morgan fingerprint density at radius 2 is 1.84 bits per heavy atom. The number of fused-ring (bicyclic) bond motifs is 1. The van der Waals surface area contributed by atoms with Crippen LogP contribution in [0.15, 0.2) is 53.3 Å². The zero-order valence-corrected chi connectivity index (χ0v) is 18.5. The quantitative estimate of drug-likeness (QED) is 0.421. The van der Waals surface area contributed by atoms with Crippen molar-refractivity contribution in [3.63, 3.8) is 0 Å². The van der Waals surface area contributed by atoms with Crippen molar-refractivity contribution in [3.05, 3.63) is 87.0 Å². The Bertz CT molecular complexity index is 1250. The first-order valence-corrected chi connectivity index (χ1v) is 10.8. The number of hydrogen-bond acceptors (Lipinski definition) is 6. The normalized spacial score (nSPS) is 11.5. The van der Waals surface area contributed by atoms with E-state index in [4.69, 9.17) is 0 Å². The minimum atomic E-state index is -0.113. The molecule has 0 fully saturated rings. The fourth-order valence-corrected chi connectivity index (χ4v) is 3.92. The van der Waals surface area contributed by atoms with Crippen LogP contribution in [-0.4, -0.2) is 48.3 Å². The summed E-state index contributed by atoms with van der Waals surface area (Å²) in [6.45, 7) is 5.91. The van der Waals surface area contributed by atoms with Crippen LogP contribution in [0.2, 0.25) is 0 Å². The molecule has 2 aromatic heterocycles. The minimum absolute atomic E-state index is 0.0186. The Labute approximate surface area is 186 Å². The van der Waals surface area contributed by atoms with Gasteiger partial charge in [-0.25, -0.2) is 4.68 Å². The molecule has 0 saturated carbocycles. The number of benzene rings is 2. The van der Waals surface area contributed by atoms with Gasteiger partial charge in [-0.2, -0.15) is 0 Å². The molecule has 8 nitrogen and oxygen atoms in total. The molecule has 0 bridgehead atoms. The van der Waals surface area contributed by atoms with Gasteiger partial charge in [0.25, 0.3) is 5.56 Å². The highest BCUT2D eigenvalue weighted by atomic mass is 16.3. The van der Waals surface area contributed by atoms with Gasteiger partial charge >= 0.3 is 0 Å². The van der Waals surface area contributed by atoms with Gasteiger partial charge < -0.3 is 10.1 Å². The Hall–Kier alpha value is -3.36. The molecular weight excluding hydrogens is 404 g/mol. The predicted molar refractivity (Wildman–Crippen MR) is 123 cm³/mol. The van der Waals surface area contributed by atoms with Crippen LogP contribution >= 0.6 is 0 Å². The summed E-state index contributed by atoms with van der Waals surface area (Å²) in [7, 11) is 0. The van der Waals surface area contributed by atoms with E-state index in [1.165, 1.54) is 5.56 Å². The summed E-state index contributed by atoms with van der Waals surface area (Å²) in [5.41, 5.74) is 4.79. The SMILES string of the molecule is Cc1ccc(C)c2[nH]c(=O)c(CN(CCO)Cc3nnnn3CCc3ccccc3)cc12. The molecule has 166 valence electrons. The van der Waals surface area contributed by atoms with Crippen LogP contribution < -0.4 is 5.56 Å². The number of tetrazole rings is 1. The molecule has 4 rings (SSSR count). The first kappa shape index (κ1) is 21.9. The lowest BCUT2D eigenvalue weighted by molar-refractivity contribution is 0.178. The van der Waals surface area contributed by atoms with E-state index in [1.54, 1.807) is 4.68 Å². The van der Waals surface area contributed by atoms with Crippen LogP contribution in [0.1, 0.15) is 28.1 Å². The zero-order valence-electron chi connectivity index (χ0n) is 18.5. The highest BCUT2D eigenvalue weighted by Crippen LogP contribution is 2.20. The molecule has 0 unspecified atom stereocenters. The summed E-state index contributed by atoms with van der Waals surface area (Å²) in [4.78, 5) is 17.8. The number of nitrogens with zero attached hydrogens (tertiary/aromatic N) is 5. The second-order valence-electron chi connectivity index (χ2n) is 8.10.